The number of hydrogen-bond acceptors (Lipinski definition) is 5. The number of phenolic OH excluding ortho intramolecular Hbond substituents is 1. The van der Waals surface area contributed by atoms with Crippen molar-refractivity contribution in [2.75, 3.05) is 0 Å². The van der Waals surface area contributed by atoms with E-state index < -0.39 is 8.60 Å². The number of fused-ring (bicyclic) bond motifs is 2. The molecule has 2 aliphatic carbocycles. The lowest BCUT2D eigenvalue weighted by Crippen LogP contribution is -2.31. The smallest absolute Gasteiger partial charge is 0.465 e. The summed E-state index contributed by atoms with van der Waals surface area (Å²) in [4.78, 5) is 13.6. The van der Waals surface area contributed by atoms with Crippen molar-refractivity contribution in [3.63, 3.8) is 0 Å². The van der Waals surface area contributed by atoms with E-state index in [-0.39, 0.29) is 40.2 Å². The van der Waals surface area contributed by atoms with Gasteiger partial charge in [0.1, 0.15) is 17.6 Å². The third kappa shape index (κ3) is 8.08. The van der Waals surface area contributed by atoms with Crippen molar-refractivity contribution < 1.29 is 23.5 Å². The number of phenols is 1. The van der Waals surface area contributed by atoms with Crippen LogP contribution in [0.15, 0.2) is 69.6 Å². The van der Waals surface area contributed by atoms with Crippen LogP contribution in [0.2, 0.25) is 0 Å². The van der Waals surface area contributed by atoms with Gasteiger partial charge in [0, 0.05) is 17.4 Å². The largest absolute Gasteiger partial charge is 0.507 e. The molecular formula is C40H57O5P. The van der Waals surface area contributed by atoms with E-state index in [2.05, 4.69) is 115 Å². The van der Waals surface area contributed by atoms with Gasteiger partial charge in [-0.3, -0.25) is 9.32 Å². The summed E-state index contributed by atoms with van der Waals surface area (Å²) in [5.74, 6) is 0.772. The van der Waals surface area contributed by atoms with Crippen LogP contribution in [0.5, 0.6) is 5.75 Å². The second-order valence-electron chi connectivity index (χ2n) is 17.5. The van der Waals surface area contributed by atoms with Crippen LogP contribution >= 0.6 is 8.60 Å². The van der Waals surface area contributed by atoms with Crippen molar-refractivity contribution in [1.82, 2.24) is 0 Å². The van der Waals surface area contributed by atoms with E-state index in [9.17, 15) is 9.90 Å². The average Bonchev–Trinajstić information content (AvgIpc) is 2.88. The summed E-state index contributed by atoms with van der Waals surface area (Å²) < 4.78 is 19.6. The molecule has 0 bridgehead atoms. The Labute approximate surface area is 279 Å². The molecule has 0 fully saturated rings. The fourth-order valence-corrected chi connectivity index (χ4v) is 7.66. The molecule has 2 atom stereocenters. The summed E-state index contributed by atoms with van der Waals surface area (Å²) in [5, 5.41) is 11.2. The molecule has 252 valence electrons. The van der Waals surface area contributed by atoms with Gasteiger partial charge in [-0.25, -0.2) is 0 Å². The van der Waals surface area contributed by atoms with Crippen LogP contribution in [-0.4, -0.2) is 17.2 Å². The Morgan fingerprint density at radius 3 is 1.96 bits per heavy atom. The van der Waals surface area contributed by atoms with Gasteiger partial charge in [0.2, 0.25) is 0 Å². The van der Waals surface area contributed by atoms with E-state index >= 15 is 0 Å². The lowest BCUT2D eigenvalue weighted by Gasteiger charge is -2.40. The molecule has 0 saturated carbocycles. The SMILES string of the molecule is CC1=C/C2=C3\CCC(C)=CC3=C(C(C)(C)C)OP(OC(=O)CCc3cc(C(C)(C)C)c(O)c(C(C)(C)C)c3)OC2C(C(C)(C)C)=C1. The minimum absolute atomic E-state index is 0.165. The molecule has 1 aromatic rings. The molecular weight excluding hydrogens is 591 g/mol. The Bertz CT molecular complexity index is 1500. The van der Waals surface area contributed by atoms with Gasteiger partial charge in [-0.05, 0) is 82.8 Å². The first kappa shape index (κ1) is 36.2. The maximum Gasteiger partial charge on any atom is 0.465 e. The predicted molar refractivity (Wildman–Crippen MR) is 191 cm³/mol. The summed E-state index contributed by atoms with van der Waals surface area (Å²) in [5.41, 5.74) is 8.91. The monoisotopic (exact) mass is 648 g/mol. The van der Waals surface area contributed by atoms with Crippen molar-refractivity contribution in [2.45, 2.75) is 140 Å². The topological polar surface area (TPSA) is 65.0 Å². The highest BCUT2D eigenvalue weighted by atomic mass is 31.2. The zero-order valence-electron chi connectivity index (χ0n) is 30.8. The summed E-state index contributed by atoms with van der Waals surface area (Å²) in [6.45, 7) is 29.9. The molecule has 1 N–H and O–H groups in total. The van der Waals surface area contributed by atoms with Gasteiger partial charge >= 0.3 is 14.6 Å². The predicted octanol–water partition coefficient (Wildman–Crippen LogP) is 11.4. The van der Waals surface area contributed by atoms with Crippen LogP contribution in [0.3, 0.4) is 0 Å². The van der Waals surface area contributed by atoms with Crippen molar-refractivity contribution in [2.24, 2.45) is 10.8 Å². The van der Waals surface area contributed by atoms with Gasteiger partial charge in [0.25, 0.3) is 0 Å². The molecule has 1 heterocycles. The third-order valence-corrected chi connectivity index (χ3v) is 9.96. The normalized spacial score (nSPS) is 22.9. The lowest BCUT2D eigenvalue weighted by atomic mass is 9.73. The van der Waals surface area contributed by atoms with Gasteiger partial charge in [-0.1, -0.05) is 125 Å². The van der Waals surface area contributed by atoms with E-state index in [1.807, 2.05) is 12.1 Å². The number of benzene rings is 1. The average molecular weight is 649 g/mol. The molecule has 4 rings (SSSR count). The van der Waals surface area contributed by atoms with Gasteiger partial charge in [0.05, 0.1) is 0 Å². The van der Waals surface area contributed by atoms with E-state index in [0.717, 1.165) is 52.0 Å². The molecule has 1 aliphatic heterocycles. The minimum Gasteiger partial charge on any atom is -0.507 e. The Kier molecular flexibility index (Phi) is 10.1. The molecule has 5 nitrogen and oxygen atoms in total. The summed E-state index contributed by atoms with van der Waals surface area (Å²) in [7, 11) is -2.05. The van der Waals surface area contributed by atoms with Crippen LogP contribution < -0.4 is 0 Å². The number of carbonyl (C=O) groups is 1. The van der Waals surface area contributed by atoms with E-state index in [1.165, 1.54) is 16.7 Å². The first-order valence-corrected chi connectivity index (χ1v) is 17.8. The second kappa shape index (κ2) is 12.8. The molecule has 3 aliphatic rings. The number of aromatic hydroxyl groups is 1. The Hall–Kier alpha value is -2.62. The van der Waals surface area contributed by atoms with Crippen molar-refractivity contribution in [3.8, 4) is 5.75 Å². The summed E-state index contributed by atoms with van der Waals surface area (Å²) in [6, 6.07) is 4.06. The number of hydrogen-bond donors (Lipinski definition) is 1. The summed E-state index contributed by atoms with van der Waals surface area (Å²) in [6.07, 6.45) is 8.90. The van der Waals surface area contributed by atoms with Crippen LogP contribution in [0.25, 0.3) is 0 Å². The number of aryl methyl sites for hydroxylation is 1. The van der Waals surface area contributed by atoms with Crippen LogP contribution in [0.4, 0.5) is 0 Å². The van der Waals surface area contributed by atoms with Gasteiger partial charge in [0.15, 0.2) is 0 Å². The lowest BCUT2D eigenvalue weighted by molar-refractivity contribution is -0.135. The summed E-state index contributed by atoms with van der Waals surface area (Å²) >= 11 is 0. The molecule has 0 aromatic heterocycles. The quantitative estimate of drug-likeness (QED) is 0.329. The highest BCUT2D eigenvalue weighted by molar-refractivity contribution is 7.42. The zero-order chi connectivity index (χ0) is 34.6. The zero-order valence-corrected chi connectivity index (χ0v) is 31.7. The van der Waals surface area contributed by atoms with Crippen molar-refractivity contribution in [1.29, 1.82) is 0 Å². The maximum atomic E-state index is 13.6. The van der Waals surface area contributed by atoms with Crippen LogP contribution in [0, 0.1) is 10.8 Å². The second-order valence-corrected chi connectivity index (χ2v) is 18.5. The highest BCUT2D eigenvalue weighted by Crippen LogP contribution is 2.56. The standard InChI is InChI=1S/C40H57O5P/c1-24-15-17-27-28-20-25(2)21-32(39(9,10)11)35(28)44-46(45-36(29(27)19-24)40(12,13)14)43-33(41)18-16-26-22-30(37(3,4)5)34(42)31(23-26)38(6,7)8/h19-23,35,42H,15-18H2,1-14H3/b28-27-,36-29?. The van der Waals surface area contributed by atoms with Gasteiger partial charge < -0.3 is 14.2 Å². The molecule has 46 heavy (non-hydrogen) atoms. The Balaban J connectivity index is 1.71. The van der Waals surface area contributed by atoms with Crippen LogP contribution in [-0.2, 0) is 35.6 Å². The fourth-order valence-electron chi connectivity index (χ4n) is 6.35. The Morgan fingerprint density at radius 2 is 1.43 bits per heavy atom. The molecule has 0 saturated heterocycles. The third-order valence-electron chi connectivity index (χ3n) is 8.89. The molecule has 2 unspecified atom stereocenters. The van der Waals surface area contributed by atoms with E-state index in [4.69, 9.17) is 13.6 Å². The minimum atomic E-state index is -2.05. The Morgan fingerprint density at radius 1 is 0.848 bits per heavy atom. The number of carbonyl (C=O) groups excluding carboxylic acids is 1. The first-order valence-electron chi connectivity index (χ1n) is 16.7. The van der Waals surface area contributed by atoms with Crippen molar-refractivity contribution >= 4 is 14.6 Å². The number of rotatable bonds is 4. The molecule has 1 aromatic carbocycles. The van der Waals surface area contributed by atoms with Gasteiger partial charge in [-0.2, -0.15) is 0 Å². The van der Waals surface area contributed by atoms with Crippen LogP contribution in [0.1, 0.15) is 133 Å². The van der Waals surface area contributed by atoms with E-state index in [1.54, 1.807) is 0 Å². The molecule has 0 amide bonds. The van der Waals surface area contributed by atoms with Gasteiger partial charge in [-0.15, -0.1) is 0 Å². The molecule has 0 radical (unpaired) electrons. The van der Waals surface area contributed by atoms with Crippen molar-refractivity contribution in [3.05, 3.63) is 86.2 Å². The fraction of sp³-hybridized carbons (Fsp3) is 0.575. The molecule has 0 spiro atoms. The highest BCUT2D eigenvalue weighted by Gasteiger charge is 2.41. The molecule has 6 heteroatoms. The van der Waals surface area contributed by atoms with E-state index in [0.29, 0.717) is 12.2 Å². The first-order chi connectivity index (χ1) is 21.0. The number of allylic oxidation sites excluding steroid dienone is 7. The maximum absolute atomic E-state index is 13.6.